The Morgan fingerprint density at radius 2 is 1.79 bits per heavy atom. The SMILES string of the molecule is CCCNC1CCc2nc(CC3c4sc(N)nc4CCC3NCCC)sc2C1. The Kier molecular flexibility index (Phi) is 6.66. The Balaban J connectivity index is 1.51. The van der Waals surface area contributed by atoms with Crippen LogP contribution in [0.4, 0.5) is 5.13 Å². The summed E-state index contributed by atoms with van der Waals surface area (Å²) < 4.78 is 0. The molecule has 4 rings (SSSR count). The van der Waals surface area contributed by atoms with Gasteiger partial charge >= 0.3 is 0 Å². The smallest absolute Gasteiger partial charge is 0.180 e. The van der Waals surface area contributed by atoms with Gasteiger partial charge in [-0.15, -0.1) is 22.7 Å². The maximum Gasteiger partial charge on any atom is 0.180 e. The normalized spacial score (nSPS) is 24.1. The molecule has 0 fully saturated rings. The number of nitrogen functional groups attached to an aromatic ring is 1. The predicted molar refractivity (Wildman–Crippen MR) is 120 cm³/mol. The Morgan fingerprint density at radius 1 is 1.00 bits per heavy atom. The molecule has 0 amide bonds. The van der Waals surface area contributed by atoms with Gasteiger partial charge in [-0.25, -0.2) is 9.97 Å². The van der Waals surface area contributed by atoms with E-state index < -0.39 is 0 Å². The van der Waals surface area contributed by atoms with Crippen molar-refractivity contribution < 1.29 is 0 Å². The van der Waals surface area contributed by atoms with E-state index in [9.17, 15) is 0 Å². The zero-order valence-electron chi connectivity index (χ0n) is 17.1. The summed E-state index contributed by atoms with van der Waals surface area (Å²) in [6.07, 6.45) is 9.05. The lowest BCUT2D eigenvalue weighted by molar-refractivity contribution is 0.387. The Bertz CT molecular complexity index is 784. The maximum absolute atomic E-state index is 6.06. The quantitative estimate of drug-likeness (QED) is 0.608. The largest absolute Gasteiger partial charge is 0.375 e. The van der Waals surface area contributed by atoms with Crippen LogP contribution in [0.5, 0.6) is 0 Å². The predicted octanol–water partition coefficient (Wildman–Crippen LogP) is 3.68. The Morgan fingerprint density at radius 3 is 2.61 bits per heavy atom. The van der Waals surface area contributed by atoms with Gasteiger partial charge in [-0.2, -0.15) is 0 Å². The number of thiazole rings is 2. The third-order valence-corrected chi connectivity index (χ3v) is 8.18. The van der Waals surface area contributed by atoms with E-state index in [0.717, 1.165) is 50.3 Å². The molecule has 2 aliphatic rings. The van der Waals surface area contributed by atoms with Gasteiger partial charge in [0.05, 0.1) is 16.4 Å². The van der Waals surface area contributed by atoms with E-state index in [1.807, 2.05) is 11.3 Å². The molecule has 2 aromatic heterocycles. The molecule has 0 spiro atoms. The lowest BCUT2D eigenvalue weighted by atomic mass is 9.84. The third kappa shape index (κ3) is 4.42. The van der Waals surface area contributed by atoms with Crippen LogP contribution in [0, 0.1) is 0 Å². The lowest BCUT2D eigenvalue weighted by Crippen LogP contribution is -2.39. The first-order valence-corrected chi connectivity index (χ1v) is 12.5. The number of nitrogens with one attached hydrogen (secondary N) is 2. The highest BCUT2D eigenvalue weighted by molar-refractivity contribution is 7.15. The number of hydrogen-bond donors (Lipinski definition) is 3. The molecule has 3 unspecified atom stereocenters. The molecule has 0 radical (unpaired) electrons. The van der Waals surface area contributed by atoms with E-state index in [1.54, 1.807) is 11.3 Å². The molecule has 0 bridgehead atoms. The summed E-state index contributed by atoms with van der Waals surface area (Å²) in [5.74, 6) is 0.451. The van der Waals surface area contributed by atoms with E-state index in [-0.39, 0.29) is 0 Å². The molecular formula is C21H33N5S2. The number of fused-ring (bicyclic) bond motifs is 2. The first-order chi connectivity index (χ1) is 13.7. The summed E-state index contributed by atoms with van der Waals surface area (Å²) in [6.45, 7) is 6.66. The van der Waals surface area contributed by atoms with Crippen LogP contribution >= 0.6 is 22.7 Å². The van der Waals surface area contributed by atoms with Crippen LogP contribution in [0.15, 0.2) is 0 Å². The van der Waals surface area contributed by atoms with Crippen LogP contribution in [-0.2, 0) is 25.7 Å². The van der Waals surface area contributed by atoms with Crippen LogP contribution in [0.25, 0.3) is 0 Å². The summed E-state index contributed by atoms with van der Waals surface area (Å²) in [4.78, 5) is 12.6. The zero-order valence-corrected chi connectivity index (χ0v) is 18.7. The first-order valence-electron chi connectivity index (χ1n) is 10.9. The van der Waals surface area contributed by atoms with Gasteiger partial charge in [0.15, 0.2) is 5.13 Å². The molecule has 0 aliphatic heterocycles. The number of aryl methyl sites for hydroxylation is 2. The van der Waals surface area contributed by atoms with E-state index in [4.69, 9.17) is 10.7 Å². The van der Waals surface area contributed by atoms with E-state index >= 15 is 0 Å². The average Bonchev–Trinajstić information content (AvgIpc) is 3.27. The lowest BCUT2D eigenvalue weighted by Gasteiger charge is -2.31. The summed E-state index contributed by atoms with van der Waals surface area (Å²) in [5.41, 5.74) is 8.64. The van der Waals surface area contributed by atoms with Gasteiger partial charge in [0.1, 0.15) is 0 Å². The summed E-state index contributed by atoms with van der Waals surface area (Å²) >= 11 is 3.64. The molecule has 7 heteroatoms. The molecule has 3 atom stereocenters. The van der Waals surface area contributed by atoms with Crippen molar-refractivity contribution >= 4 is 27.8 Å². The van der Waals surface area contributed by atoms with Gasteiger partial charge in [-0.3, -0.25) is 0 Å². The molecule has 2 aromatic rings. The molecule has 154 valence electrons. The van der Waals surface area contributed by atoms with E-state index in [1.165, 1.54) is 45.4 Å². The topological polar surface area (TPSA) is 75.9 Å². The number of nitrogens with two attached hydrogens (primary N) is 1. The number of hydrogen-bond acceptors (Lipinski definition) is 7. The highest BCUT2D eigenvalue weighted by Crippen LogP contribution is 2.40. The number of nitrogens with zero attached hydrogens (tertiary/aromatic N) is 2. The minimum atomic E-state index is 0.451. The fraction of sp³-hybridized carbons (Fsp3) is 0.714. The maximum atomic E-state index is 6.06. The number of anilines is 1. The van der Waals surface area contributed by atoms with Crippen LogP contribution < -0.4 is 16.4 Å². The van der Waals surface area contributed by atoms with Crippen LogP contribution in [0.3, 0.4) is 0 Å². The third-order valence-electron chi connectivity index (χ3n) is 5.98. The number of aromatic nitrogens is 2. The highest BCUT2D eigenvalue weighted by Gasteiger charge is 2.33. The van der Waals surface area contributed by atoms with Gasteiger partial charge in [0.2, 0.25) is 0 Å². The molecule has 2 aliphatic carbocycles. The Labute approximate surface area is 176 Å². The Hall–Kier alpha value is -1.02. The van der Waals surface area contributed by atoms with E-state index in [2.05, 4.69) is 29.5 Å². The van der Waals surface area contributed by atoms with Gasteiger partial charge in [0, 0.05) is 34.2 Å². The van der Waals surface area contributed by atoms with Crippen LogP contribution in [-0.4, -0.2) is 35.1 Å². The fourth-order valence-corrected chi connectivity index (χ4v) is 6.86. The van der Waals surface area contributed by atoms with Crippen molar-refractivity contribution in [2.75, 3.05) is 18.8 Å². The van der Waals surface area contributed by atoms with Crippen molar-refractivity contribution in [3.63, 3.8) is 0 Å². The fourth-order valence-electron chi connectivity index (χ4n) is 4.56. The molecule has 0 aromatic carbocycles. The van der Waals surface area contributed by atoms with Gasteiger partial charge in [0.25, 0.3) is 0 Å². The van der Waals surface area contributed by atoms with Crippen molar-refractivity contribution in [3.8, 4) is 0 Å². The van der Waals surface area contributed by atoms with Crippen molar-refractivity contribution in [1.82, 2.24) is 20.6 Å². The molecule has 2 heterocycles. The van der Waals surface area contributed by atoms with Gasteiger partial charge < -0.3 is 16.4 Å². The summed E-state index contributed by atoms with van der Waals surface area (Å²) in [7, 11) is 0. The second kappa shape index (κ2) is 9.20. The molecule has 0 saturated heterocycles. The minimum Gasteiger partial charge on any atom is -0.375 e. The number of rotatable bonds is 8. The standard InChI is InChI=1S/C21H33N5S2/c1-3-9-23-13-5-6-16-18(11-13)27-19(25-16)12-14-15(24-10-4-2)7-8-17-20(14)28-21(22)26-17/h13-15,23-24H,3-12H2,1-2H3,(H2,22,26). The minimum absolute atomic E-state index is 0.451. The summed E-state index contributed by atoms with van der Waals surface area (Å²) in [6, 6.07) is 1.13. The monoisotopic (exact) mass is 419 g/mol. The average molecular weight is 420 g/mol. The summed E-state index contributed by atoms with van der Waals surface area (Å²) in [5, 5.41) is 9.50. The highest BCUT2D eigenvalue weighted by atomic mass is 32.1. The second-order valence-corrected chi connectivity index (χ2v) is 10.4. The van der Waals surface area contributed by atoms with E-state index in [0.29, 0.717) is 18.0 Å². The molecule has 28 heavy (non-hydrogen) atoms. The van der Waals surface area contributed by atoms with Crippen LogP contribution in [0.1, 0.15) is 71.6 Å². The van der Waals surface area contributed by atoms with Crippen molar-refractivity contribution in [2.24, 2.45) is 0 Å². The second-order valence-electron chi connectivity index (χ2n) is 8.14. The molecule has 0 saturated carbocycles. The van der Waals surface area contributed by atoms with Gasteiger partial charge in [-0.1, -0.05) is 13.8 Å². The molecular weight excluding hydrogens is 386 g/mol. The molecule has 4 N–H and O–H groups in total. The van der Waals surface area contributed by atoms with Crippen LogP contribution in [0.2, 0.25) is 0 Å². The zero-order chi connectivity index (χ0) is 19.5. The van der Waals surface area contributed by atoms with Crippen molar-refractivity contribution in [1.29, 1.82) is 0 Å². The first kappa shape index (κ1) is 20.3. The van der Waals surface area contributed by atoms with Crippen molar-refractivity contribution in [3.05, 3.63) is 26.1 Å². The van der Waals surface area contributed by atoms with Crippen molar-refractivity contribution in [2.45, 2.75) is 83.2 Å². The molecule has 5 nitrogen and oxygen atoms in total. The van der Waals surface area contributed by atoms with Gasteiger partial charge in [-0.05, 0) is 58.0 Å².